The summed E-state index contributed by atoms with van der Waals surface area (Å²) in [4.78, 5) is 24.0. The lowest BCUT2D eigenvalue weighted by Crippen LogP contribution is -2.24. The minimum atomic E-state index is 0.132. The molecule has 0 aliphatic carbocycles. The molecule has 0 aromatic carbocycles. The molecule has 0 heterocycles. The molecule has 0 spiro atoms. The van der Waals surface area contributed by atoms with Crippen LogP contribution in [0.2, 0.25) is 0 Å². The van der Waals surface area contributed by atoms with Crippen molar-refractivity contribution in [1.82, 2.24) is 4.90 Å². The van der Waals surface area contributed by atoms with E-state index in [2.05, 4.69) is 0 Å². The number of hydrogen-bond acceptors (Lipinski definition) is 2. The third-order valence-corrected chi connectivity index (χ3v) is 3.10. The van der Waals surface area contributed by atoms with E-state index in [-0.39, 0.29) is 11.8 Å². The maximum absolute atomic E-state index is 11.4. The number of nitrogens with zero attached hydrogens (tertiary/aromatic N) is 1. The highest BCUT2D eigenvalue weighted by Crippen LogP contribution is 2.09. The van der Waals surface area contributed by atoms with Gasteiger partial charge in [-0.1, -0.05) is 47.0 Å². The SMILES string of the molecule is CC.CC(=O)N(C)CCCCCCCC(=O)C(C)C. The van der Waals surface area contributed by atoms with Gasteiger partial charge in [-0.05, 0) is 12.8 Å². The average Bonchev–Trinajstić information content (AvgIpc) is 2.39. The van der Waals surface area contributed by atoms with Crippen molar-refractivity contribution in [3.05, 3.63) is 0 Å². The van der Waals surface area contributed by atoms with Crippen LogP contribution in [-0.2, 0) is 9.59 Å². The number of Topliss-reactive ketones (excluding diaryl/α,β-unsaturated/α-hetero) is 1. The summed E-state index contributed by atoms with van der Waals surface area (Å²) in [6.45, 7) is 10.4. The van der Waals surface area contributed by atoms with Gasteiger partial charge in [0.15, 0.2) is 0 Å². The largest absolute Gasteiger partial charge is 0.346 e. The Kier molecular flexibility index (Phi) is 14.6. The minimum absolute atomic E-state index is 0.132. The van der Waals surface area contributed by atoms with Gasteiger partial charge in [-0.3, -0.25) is 9.59 Å². The highest BCUT2D eigenvalue weighted by molar-refractivity contribution is 5.80. The number of hydrogen-bond donors (Lipinski definition) is 0. The predicted molar refractivity (Wildman–Crippen MR) is 82.2 cm³/mol. The number of amides is 1. The number of carbonyl (C=O) groups excluding carboxylic acids is 2. The second-order valence-electron chi connectivity index (χ2n) is 5.08. The van der Waals surface area contributed by atoms with Gasteiger partial charge >= 0.3 is 0 Å². The minimum Gasteiger partial charge on any atom is -0.346 e. The molecule has 19 heavy (non-hydrogen) atoms. The van der Waals surface area contributed by atoms with Gasteiger partial charge in [0.25, 0.3) is 0 Å². The number of rotatable bonds is 9. The van der Waals surface area contributed by atoms with Gasteiger partial charge in [-0.15, -0.1) is 0 Å². The van der Waals surface area contributed by atoms with Gasteiger partial charge in [0.05, 0.1) is 0 Å². The van der Waals surface area contributed by atoms with Crippen molar-refractivity contribution < 1.29 is 9.59 Å². The Labute approximate surface area is 119 Å². The van der Waals surface area contributed by atoms with E-state index in [1.54, 1.807) is 11.8 Å². The summed E-state index contributed by atoms with van der Waals surface area (Å²) in [7, 11) is 1.84. The predicted octanol–water partition coefficient (Wildman–Crippen LogP) is 4.06. The number of carbonyl (C=O) groups is 2. The van der Waals surface area contributed by atoms with Crippen LogP contribution < -0.4 is 0 Å². The van der Waals surface area contributed by atoms with Crippen molar-refractivity contribution in [3.8, 4) is 0 Å². The Balaban J connectivity index is 0. The van der Waals surface area contributed by atoms with E-state index >= 15 is 0 Å². The Bertz CT molecular complexity index is 237. The molecule has 0 aliphatic heterocycles. The normalized spacial score (nSPS) is 9.84. The molecule has 0 radical (unpaired) electrons. The third kappa shape index (κ3) is 13.4. The first-order valence-electron chi connectivity index (χ1n) is 7.69. The summed E-state index contributed by atoms with van der Waals surface area (Å²) in [5, 5.41) is 0. The second-order valence-corrected chi connectivity index (χ2v) is 5.08. The van der Waals surface area contributed by atoms with E-state index in [0.717, 1.165) is 45.1 Å². The summed E-state index contributed by atoms with van der Waals surface area (Å²) in [5.41, 5.74) is 0. The molecule has 0 saturated heterocycles. The van der Waals surface area contributed by atoms with Crippen molar-refractivity contribution in [1.29, 1.82) is 0 Å². The molecular weight excluding hydrogens is 238 g/mol. The van der Waals surface area contributed by atoms with E-state index in [4.69, 9.17) is 0 Å². The van der Waals surface area contributed by atoms with Crippen LogP contribution in [0.4, 0.5) is 0 Å². The van der Waals surface area contributed by atoms with Gasteiger partial charge < -0.3 is 4.90 Å². The summed E-state index contributed by atoms with van der Waals surface area (Å²) in [6.07, 6.45) is 6.24. The molecule has 0 unspecified atom stereocenters. The van der Waals surface area contributed by atoms with E-state index in [1.165, 1.54) is 0 Å². The maximum atomic E-state index is 11.4. The highest BCUT2D eigenvalue weighted by atomic mass is 16.2. The molecule has 114 valence electrons. The number of unbranched alkanes of at least 4 members (excludes halogenated alkanes) is 4. The van der Waals surface area contributed by atoms with Crippen molar-refractivity contribution in [2.75, 3.05) is 13.6 Å². The van der Waals surface area contributed by atoms with Crippen LogP contribution in [0.25, 0.3) is 0 Å². The second kappa shape index (κ2) is 13.6. The molecule has 0 fully saturated rings. The van der Waals surface area contributed by atoms with Crippen LogP contribution in [0.5, 0.6) is 0 Å². The van der Waals surface area contributed by atoms with Gasteiger partial charge in [0.2, 0.25) is 5.91 Å². The molecule has 0 N–H and O–H groups in total. The quantitative estimate of drug-likeness (QED) is 0.593. The molecule has 0 aromatic heterocycles. The molecular formula is C16H33NO2. The lowest BCUT2D eigenvalue weighted by molar-refractivity contribution is -0.127. The molecule has 0 saturated carbocycles. The van der Waals surface area contributed by atoms with E-state index in [1.807, 2.05) is 34.7 Å². The first kappa shape index (κ1) is 20.5. The monoisotopic (exact) mass is 271 g/mol. The summed E-state index contributed by atoms with van der Waals surface area (Å²) in [6, 6.07) is 0. The van der Waals surface area contributed by atoms with Crippen LogP contribution in [0.15, 0.2) is 0 Å². The van der Waals surface area contributed by atoms with E-state index in [0.29, 0.717) is 5.78 Å². The number of ketones is 1. The van der Waals surface area contributed by atoms with Crippen molar-refractivity contribution in [3.63, 3.8) is 0 Å². The standard InChI is InChI=1S/C14H27NO2.C2H6/c1-12(2)14(17)10-8-6-5-7-9-11-15(4)13(3)16;1-2/h12H,5-11H2,1-4H3;1-2H3. The summed E-state index contributed by atoms with van der Waals surface area (Å²) in [5.74, 6) is 0.688. The fraction of sp³-hybridized carbons (Fsp3) is 0.875. The fourth-order valence-electron chi connectivity index (χ4n) is 1.62. The van der Waals surface area contributed by atoms with Crippen molar-refractivity contribution in [2.45, 2.75) is 73.1 Å². The molecule has 0 aromatic rings. The van der Waals surface area contributed by atoms with Gasteiger partial charge in [0, 0.05) is 32.9 Å². The van der Waals surface area contributed by atoms with Gasteiger partial charge in [-0.2, -0.15) is 0 Å². The Morgan fingerprint density at radius 3 is 1.89 bits per heavy atom. The van der Waals surface area contributed by atoms with Crippen LogP contribution in [0.3, 0.4) is 0 Å². The Hall–Kier alpha value is -0.860. The topological polar surface area (TPSA) is 37.4 Å². The smallest absolute Gasteiger partial charge is 0.219 e. The highest BCUT2D eigenvalue weighted by Gasteiger charge is 2.06. The van der Waals surface area contributed by atoms with Gasteiger partial charge in [0.1, 0.15) is 5.78 Å². The van der Waals surface area contributed by atoms with Crippen LogP contribution in [0, 0.1) is 5.92 Å². The van der Waals surface area contributed by atoms with E-state index < -0.39 is 0 Å². The molecule has 3 nitrogen and oxygen atoms in total. The molecule has 1 amide bonds. The zero-order valence-electron chi connectivity index (χ0n) is 13.8. The molecule has 0 atom stereocenters. The average molecular weight is 271 g/mol. The van der Waals surface area contributed by atoms with E-state index in [9.17, 15) is 9.59 Å². The van der Waals surface area contributed by atoms with Crippen molar-refractivity contribution >= 4 is 11.7 Å². The maximum Gasteiger partial charge on any atom is 0.219 e. The zero-order valence-corrected chi connectivity index (χ0v) is 13.8. The molecule has 0 aliphatic rings. The molecule has 0 rings (SSSR count). The van der Waals surface area contributed by atoms with Crippen LogP contribution in [0.1, 0.15) is 73.1 Å². The third-order valence-electron chi connectivity index (χ3n) is 3.10. The Morgan fingerprint density at radius 2 is 1.42 bits per heavy atom. The molecule has 0 bridgehead atoms. The first-order chi connectivity index (χ1) is 8.95. The molecule has 3 heteroatoms. The van der Waals surface area contributed by atoms with Crippen molar-refractivity contribution in [2.24, 2.45) is 5.92 Å². The van der Waals surface area contributed by atoms with Crippen LogP contribution >= 0.6 is 0 Å². The zero-order chi connectivity index (χ0) is 15.3. The van der Waals surface area contributed by atoms with Crippen LogP contribution in [-0.4, -0.2) is 30.2 Å². The lowest BCUT2D eigenvalue weighted by atomic mass is 10.0. The first-order valence-corrected chi connectivity index (χ1v) is 7.69. The summed E-state index contributed by atoms with van der Waals surface area (Å²) < 4.78 is 0. The lowest BCUT2D eigenvalue weighted by Gasteiger charge is -2.13. The summed E-state index contributed by atoms with van der Waals surface area (Å²) >= 11 is 0. The Morgan fingerprint density at radius 1 is 0.947 bits per heavy atom. The fourth-order valence-corrected chi connectivity index (χ4v) is 1.62. The van der Waals surface area contributed by atoms with Gasteiger partial charge in [-0.25, -0.2) is 0 Å².